The van der Waals surface area contributed by atoms with Crippen molar-refractivity contribution in [1.29, 1.82) is 5.26 Å². The van der Waals surface area contributed by atoms with E-state index in [4.69, 9.17) is 5.26 Å². The fourth-order valence-electron chi connectivity index (χ4n) is 2.47. The number of nitrogens with one attached hydrogen (secondary N) is 1. The number of nitrogens with zero attached hydrogens (tertiary/aromatic N) is 2. The molecule has 3 nitrogen and oxygen atoms in total. The van der Waals surface area contributed by atoms with Gasteiger partial charge in [-0.25, -0.2) is 0 Å². The largest absolute Gasteiger partial charge is 0.383 e. The van der Waals surface area contributed by atoms with Crippen LogP contribution >= 0.6 is 15.9 Å². The Bertz CT molecular complexity index is 461. The lowest BCUT2D eigenvalue weighted by Gasteiger charge is -2.32. The molecule has 1 fully saturated rings. The van der Waals surface area contributed by atoms with Crippen LogP contribution in [0.3, 0.4) is 0 Å². The average Bonchev–Trinajstić information content (AvgIpc) is 2.46. The normalized spacial score (nSPS) is 17.7. The molecule has 0 aromatic heterocycles. The van der Waals surface area contributed by atoms with Gasteiger partial charge in [-0.2, -0.15) is 5.26 Å². The van der Waals surface area contributed by atoms with Crippen molar-refractivity contribution in [2.24, 2.45) is 0 Å². The minimum absolute atomic E-state index is 0.551. The summed E-state index contributed by atoms with van der Waals surface area (Å²) in [5.41, 5.74) is 1.74. The number of rotatable bonds is 4. The van der Waals surface area contributed by atoms with Crippen LogP contribution in [0.2, 0.25) is 0 Å². The molecule has 0 aliphatic carbocycles. The van der Waals surface area contributed by atoms with Crippen LogP contribution in [0.1, 0.15) is 31.7 Å². The summed E-state index contributed by atoms with van der Waals surface area (Å²) >= 11 is 3.42. The van der Waals surface area contributed by atoms with Crippen molar-refractivity contribution in [2.75, 3.05) is 25.0 Å². The molecular weight excluding hydrogens is 302 g/mol. The molecule has 1 aromatic rings. The highest BCUT2D eigenvalue weighted by Crippen LogP contribution is 2.21. The Labute approximate surface area is 123 Å². The molecule has 1 aliphatic heterocycles. The van der Waals surface area contributed by atoms with Crippen molar-refractivity contribution >= 4 is 21.6 Å². The molecule has 1 aliphatic rings. The second-order valence-corrected chi connectivity index (χ2v) is 5.99. The Hall–Kier alpha value is -1.05. The molecule has 19 heavy (non-hydrogen) atoms. The van der Waals surface area contributed by atoms with Crippen LogP contribution in [0.4, 0.5) is 5.69 Å². The number of anilines is 1. The van der Waals surface area contributed by atoms with Crippen molar-refractivity contribution in [1.82, 2.24) is 4.90 Å². The summed E-state index contributed by atoms with van der Waals surface area (Å²) in [6.45, 7) is 5.66. The van der Waals surface area contributed by atoms with Crippen LogP contribution in [0.25, 0.3) is 0 Å². The van der Waals surface area contributed by atoms with Crippen LogP contribution in [-0.2, 0) is 0 Å². The fourth-order valence-corrected chi connectivity index (χ4v) is 2.94. The molecule has 4 heteroatoms. The van der Waals surface area contributed by atoms with Crippen LogP contribution in [-0.4, -0.2) is 30.6 Å². The van der Waals surface area contributed by atoms with E-state index in [0.29, 0.717) is 11.6 Å². The second-order valence-electron chi connectivity index (χ2n) is 5.13. The first-order valence-electron chi connectivity index (χ1n) is 6.88. The monoisotopic (exact) mass is 321 g/mol. The minimum Gasteiger partial charge on any atom is -0.383 e. The summed E-state index contributed by atoms with van der Waals surface area (Å²) < 4.78 is 0.852. The molecular formula is C15H20BrN3. The quantitative estimate of drug-likeness (QED) is 0.920. The van der Waals surface area contributed by atoms with E-state index < -0.39 is 0 Å². The lowest BCUT2D eigenvalue weighted by Crippen LogP contribution is -2.41. The predicted molar refractivity (Wildman–Crippen MR) is 82.2 cm³/mol. The van der Waals surface area contributed by atoms with E-state index >= 15 is 0 Å². The van der Waals surface area contributed by atoms with Gasteiger partial charge in [0.2, 0.25) is 0 Å². The smallest absolute Gasteiger partial charge is 0.100 e. The number of hydrogen-bond acceptors (Lipinski definition) is 3. The number of nitriles is 1. The van der Waals surface area contributed by atoms with Gasteiger partial charge in [0.1, 0.15) is 6.07 Å². The molecule has 1 heterocycles. The number of hydrogen-bond donors (Lipinski definition) is 1. The lowest BCUT2D eigenvalue weighted by atomic mass is 10.1. The average molecular weight is 322 g/mol. The Balaban J connectivity index is 1.88. The molecule has 102 valence electrons. The lowest BCUT2D eigenvalue weighted by molar-refractivity contribution is 0.180. The zero-order valence-corrected chi connectivity index (χ0v) is 12.9. The third kappa shape index (κ3) is 3.95. The first kappa shape index (κ1) is 14.4. The summed E-state index contributed by atoms with van der Waals surface area (Å²) in [4.78, 5) is 2.55. The molecule has 0 radical (unpaired) electrons. The second kappa shape index (κ2) is 6.93. The Morgan fingerprint density at radius 3 is 2.74 bits per heavy atom. The van der Waals surface area contributed by atoms with Crippen LogP contribution in [0.15, 0.2) is 22.7 Å². The standard InChI is InChI=1S/C15H20BrN3/c1-12(19-7-3-2-4-8-19)11-18-14-6-5-13(10-17)15(16)9-14/h5-6,9,12,18H,2-4,7-8,11H2,1H3. The molecule has 2 rings (SSSR count). The number of likely N-dealkylation sites (tertiary alicyclic amines) is 1. The van der Waals surface area contributed by atoms with E-state index in [-0.39, 0.29) is 0 Å². The Morgan fingerprint density at radius 1 is 1.37 bits per heavy atom. The summed E-state index contributed by atoms with van der Waals surface area (Å²) in [7, 11) is 0. The predicted octanol–water partition coefficient (Wildman–Crippen LogP) is 3.61. The summed E-state index contributed by atoms with van der Waals surface area (Å²) in [6, 6.07) is 8.49. The fraction of sp³-hybridized carbons (Fsp3) is 0.533. The zero-order valence-electron chi connectivity index (χ0n) is 11.3. The molecule has 0 saturated carbocycles. The molecule has 1 N–H and O–H groups in total. The van der Waals surface area contributed by atoms with E-state index in [1.807, 2.05) is 18.2 Å². The third-order valence-electron chi connectivity index (χ3n) is 3.71. The van der Waals surface area contributed by atoms with E-state index in [0.717, 1.165) is 16.7 Å². The van der Waals surface area contributed by atoms with Crippen molar-refractivity contribution in [2.45, 2.75) is 32.2 Å². The zero-order chi connectivity index (χ0) is 13.7. The van der Waals surface area contributed by atoms with E-state index in [1.54, 1.807) is 0 Å². The first-order valence-corrected chi connectivity index (χ1v) is 7.67. The molecule has 0 bridgehead atoms. The van der Waals surface area contributed by atoms with Crippen molar-refractivity contribution < 1.29 is 0 Å². The minimum atomic E-state index is 0.551. The van der Waals surface area contributed by atoms with Gasteiger partial charge in [0, 0.05) is 22.7 Å². The molecule has 1 aromatic carbocycles. The van der Waals surface area contributed by atoms with E-state index in [2.05, 4.69) is 39.1 Å². The topological polar surface area (TPSA) is 39.1 Å². The summed E-state index contributed by atoms with van der Waals surface area (Å²) in [6.07, 6.45) is 4.03. The SMILES string of the molecule is CC(CNc1ccc(C#N)c(Br)c1)N1CCCCC1. The molecule has 1 atom stereocenters. The van der Waals surface area contributed by atoms with Gasteiger partial charge in [0.15, 0.2) is 0 Å². The number of piperidine rings is 1. The molecule has 0 amide bonds. The van der Waals surface area contributed by atoms with Gasteiger partial charge in [-0.1, -0.05) is 6.42 Å². The molecule has 0 spiro atoms. The van der Waals surface area contributed by atoms with Gasteiger partial charge in [-0.3, -0.25) is 4.90 Å². The van der Waals surface area contributed by atoms with E-state index in [9.17, 15) is 0 Å². The third-order valence-corrected chi connectivity index (χ3v) is 4.36. The maximum atomic E-state index is 8.89. The maximum absolute atomic E-state index is 8.89. The highest BCUT2D eigenvalue weighted by atomic mass is 79.9. The van der Waals surface area contributed by atoms with Gasteiger partial charge in [0.25, 0.3) is 0 Å². The Kier molecular flexibility index (Phi) is 5.24. The van der Waals surface area contributed by atoms with Gasteiger partial charge in [-0.15, -0.1) is 0 Å². The van der Waals surface area contributed by atoms with Crippen molar-refractivity contribution in [3.8, 4) is 6.07 Å². The summed E-state index contributed by atoms with van der Waals surface area (Å²) in [5.74, 6) is 0. The molecule has 1 unspecified atom stereocenters. The van der Waals surface area contributed by atoms with Crippen LogP contribution in [0.5, 0.6) is 0 Å². The Morgan fingerprint density at radius 2 is 2.11 bits per heavy atom. The van der Waals surface area contributed by atoms with Gasteiger partial charge >= 0.3 is 0 Å². The first-order chi connectivity index (χ1) is 9.20. The highest BCUT2D eigenvalue weighted by molar-refractivity contribution is 9.10. The van der Waals surface area contributed by atoms with Gasteiger partial charge in [-0.05, 0) is 67.0 Å². The van der Waals surface area contributed by atoms with Crippen LogP contribution in [0, 0.1) is 11.3 Å². The van der Waals surface area contributed by atoms with Crippen LogP contribution < -0.4 is 5.32 Å². The van der Waals surface area contributed by atoms with E-state index in [1.165, 1.54) is 32.4 Å². The maximum Gasteiger partial charge on any atom is 0.100 e. The van der Waals surface area contributed by atoms with Gasteiger partial charge in [0.05, 0.1) is 5.56 Å². The molecule has 1 saturated heterocycles. The highest BCUT2D eigenvalue weighted by Gasteiger charge is 2.16. The van der Waals surface area contributed by atoms with Gasteiger partial charge < -0.3 is 5.32 Å². The number of halogens is 1. The van der Waals surface area contributed by atoms with Crippen molar-refractivity contribution in [3.63, 3.8) is 0 Å². The number of benzene rings is 1. The van der Waals surface area contributed by atoms with Crippen molar-refractivity contribution in [3.05, 3.63) is 28.2 Å². The summed E-state index contributed by atoms with van der Waals surface area (Å²) in [5, 5.41) is 12.3.